The molecule has 4 bridgehead atoms. The van der Waals surface area contributed by atoms with Gasteiger partial charge in [-0.05, 0) is 82.0 Å². The number of nitrogens with zero attached hydrogens (tertiary/aromatic N) is 3. The van der Waals surface area contributed by atoms with Crippen molar-refractivity contribution < 1.29 is 9.59 Å². The third-order valence-electron chi connectivity index (χ3n) is 9.09. The highest BCUT2D eigenvalue weighted by Crippen LogP contribution is 2.60. The number of hydrogen-bond acceptors (Lipinski definition) is 3. The summed E-state index contributed by atoms with van der Waals surface area (Å²) in [4.78, 5) is 33.1. The van der Waals surface area contributed by atoms with Crippen LogP contribution in [0.2, 0.25) is 0 Å². The summed E-state index contributed by atoms with van der Waals surface area (Å²) in [5.74, 6) is 3.94. The van der Waals surface area contributed by atoms with E-state index in [2.05, 4.69) is 28.5 Å². The van der Waals surface area contributed by atoms with Gasteiger partial charge in [0.05, 0.1) is 11.5 Å². The van der Waals surface area contributed by atoms with E-state index < -0.39 is 0 Å². The van der Waals surface area contributed by atoms with Gasteiger partial charge in [0.15, 0.2) is 0 Å². The van der Waals surface area contributed by atoms with Crippen molar-refractivity contribution in [2.75, 3.05) is 39.3 Å². The molecule has 4 saturated carbocycles. The van der Waals surface area contributed by atoms with E-state index in [9.17, 15) is 9.59 Å². The second-order valence-corrected chi connectivity index (χ2v) is 11.2. The van der Waals surface area contributed by atoms with Crippen molar-refractivity contribution in [1.29, 1.82) is 0 Å². The molecule has 162 valence electrons. The van der Waals surface area contributed by atoms with E-state index in [1.165, 1.54) is 19.3 Å². The second kappa shape index (κ2) is 7.55. The van der Waals surface area contributed by atoms with Crippen LogP contribution in [-0.2, 0) is 9.59 Å². The van der Waals surface area contributed by atoms with Crippen LogP contribution < -0.4 is 0 Å². The molecule has 5 nitrogen and oxygen atoms in total. The first-order valence-electron chi connectivity index (χ1n) is 12.3. The molecular weight excluding hydrogens is 362 g/mol. The molecule has 2 amide bonds. The van der Waals surface area contributed by atoms with E-state index >= 15 is 0 Å². The Morgan fingerprint density at radius 3 is 1.83 bits per heavy atom. The minimum Gasteiger partial charge on any atom is -0.341 e. The van der Waals surface area contributed by atoms with Crippen LogP contribution in [0, 0.1) is 29.1 Å². The third-order valence-corrected chi connectivity index (χ3v) is 9.09. The van der Waals surface area contributed by atoms with Gasteiger partial charge in [-0.3, -0.25) is 14.5 Å². The normalized spacial score (nSPS) is 39.0. The average molecular weight is 402 g/mol. The molecular formula is C24H39N3O2. The van der Waals surface area contributed by atoms with Crippen molar-refractivity contribution in [3.63, 3.8) is 0 Å². The number of likely N-dealkylation sites (tertiary alicyclic amines) is 1. The summed E-state index contributed by atoms with van der Waals surface area (Å²) in [6, 6.07) is -0.0554. The summed E-state index contributed by atoms with van der Waals surface area (Å²) in [5.41, 5.74) is -0.0250. The van der Waals surface area contributed by atoms with Gasteiger partial charge in [0, 0.05) is 39.3 Å². The zero-order valence-corrected chi connectivity index (χ0v) is 18.4. The number of carbonyl (C=O) groups is 2. The van der Waals surface area contributed by atoms with E-state index in [-0.39, 0.29) is 17.4 Å². The molecule has 0 aromatic rings. The lowest BCUT2D eigenvalue weighted by molar-refractivity contribution is -0.160. The molecule has 4 aliphatic carbocycles. The Balaban J connectivity index is 1.16. The van der Waals surface area contributed by atoms with E-state index in [1.807, 2.05) is 0 Å². The van der Waals surface area contributed by atoms with Gasteiger partial charge < -0.3 is 9.80 Å². The fraction of sp³-hybridized carbons (Fsp3) is 0.917. The van der Waals surface area contributed by atoms with Gasteiger partial charge in [-0.2, -0.15) is 0 Å². The Bertz CT molecular complexity index is 611. The molecule has 0 aromatic heterocycles. The molecule has 29 heavy (non-hydrogen) atoms. The first-order chi connectivity index (χ1) is 13.9. The Hall–Kier alpha value is -1.10. The lowest BCUT2D eigenvalue weighted by atomic mass is 9.49. The second-order valence-electron chi connectivity index (χ2n) is 11.2. The van der Waals surface area contributed by atoms with Crippen LogP contribution in [0.15, 0.2) is 0 Å². The Morgan fingerprint density at radius 2 is 1.31 bits per heavy atom. The highest BCUT2D eigenvalue weighted by atomic mass is 16.2. The summed E-state index contributed by atoms with van der Waals surface area (Å²) in [7, 11) is 0. The number of amides is 2. The van der Waals surface area contributed by atoms with Crippen LogP contribution in [0.25, 0.3) is 0 Å². The molecule has 6 rings (SSSR count). The fourth-order valence-corrected chi connectivity index (χ4v) is 7.67. The molecule has 0 radical (unpaired) electrons. The van der Waals surface area contributed by atoms with Crippen molar-refractivity contribution in [3.8, 4) is 0 Å². The van der Waals surface area contributed by atoms with Gasteiger partial charge in [-0.25, -0.2) is 0 Å². The highest BCUT2D eigenvalue weighted by molar-refractivity contribution is 5.84. The molecule has 5 heteroatoms. The van der Waals surface area contributed by atoms with Gasteiger partial charge >= 0.3 is 0 Å². The van der Waals surface area contributed by atoms with E-state index in [0.29, 0.717) is 5.91 Å². The van der Waals surface area contributed by atoms with Crippen LogP contribution in [0.5, 0.6) is 0 Å². The zero-order valence-electron chi connectivity index (χ0n) is 18.4. The predicted octanol–water partition coefficient (Wildman–Crippen LogP) is 2.99. The number of piperazine rings is 1. The van der Waals surface area contributed by atoms with E-state index in [4.69, 9.17) is 0 Å². The molecule has 2 aliphatic heterocycles. The van der Waals surface area contributed by atoms with Gasteiger partial charge in [0.1, 0.15) is 0 Å². The summed E-state index contributed by atoms with van der Waals surface area (Å²) in [5, 5.41) is 0. The van der Waals surface area contributed by atoms with Crippen molar-refractivity contribution in [2.45, 2.75) is 71.3 Å². The largest absolute Gasteiger partial charge is 0.341 e. The number of carbonyl (C=O) groups excluding carboxylic acids is 2. The van der Waals surface area contributed by atoms with Crippen LogP contribution in [-0.4, -0.2) is 71.8 Å². The minimum absolute atomic E-state index is 0.0250. The number of hydrogen-bond donors (Lipinski definition) is 0. The van der Waals surface area contributed by atoms with E-state index in [1.54, 1.807) is 0 Å². The third kappa shape index (κ3) is 3.62. The molecule has 1 unspecified atom stereocenters. The van der Waals surface area contributed by atoms with Crippen LogP contribution in [0.3, 0.4) is 0 Å². The number of rotatable bonds is 3. The standard InChI is InChI=1S/C24H39N3O2/c1-17-3-5-26(6-4-17)22(28)18(2)25-7-9-27(10-8-25)23(29)24-14-19-11-20(15-24)13-21(12-19)16-24/h17-21H,3-16H2,1-2H3. The summed E-state index contributed by atoms with van der Waals surface area (Å²) in [6.07, 6.45) is 9.87. The first kappa shape index (κ1) is 19.8. The van der Waals surface area contributed by atoms with Crippen molar-refractivity contribution >= 4 is 11.8 Å². The quantitative estimate of drug-likeness (QED) is 0.730. The van der Waals surface area contributed by atoms with Gasteiger partial charge in [-0.1, -0.05) is 6.92 Å². The molecule has 6 aliphatic rings. The maximum Gasteiger partial charge on any atom is 0.239 e. The first-order valence-corrected chi connectivity index (χ1v) is 12.3. The van der Waals surface area contributed by atoms with Gasteiger partial charge in [0.25, 0.3) is 0 Å². The van der Waals surface area contributed by atoms with Crippen LogP contribution in [0.1, 0.15) is 65.2 Å². The minimum atomic E-state index is -0.0554. The Morgan fingerprint density at radius 1 is 0.793 bits per heavy atom. The molecule has 2 heterocycles. The molecule has 6 fully saturated rings. The lowest BCUT2D eigenvalue weighted by Crippen LogP contribution is -2.60. The van der Waals surface area contributed by atoms with Crippen LogP contribution in [0.4, 0.5) is 0 Å². The SMILES string of the molecule is CC1CCN(C(=O)C(C)N2CCN(C(=O)C34CC5CC(CC(C5)C3)C4)CC2)CC1. The monoisotopic (exact) mass is 401 g/mol. The lowest BCUT2D eigenvalue weighted by Gasteiger charge is -2.57. The Kier molecular flexibility index (Phi) is 5.16. The summed E-state index contributed by atoms with van der Waals surface area (Å²) >= 11 is 0. The van der Waals surface area contributed by atoms with Crippen molar-refractivity contribution in [1.82, 2.24) is 14.7 Å². The fourth-order valence-electron chi connectivity index (χ4n) is 7.67. The maximum atomic E-state index is 13.6. The van der Waals surface area contributed by atoms with Crippen LogP contribution >= 0.6 is 0 Å². The summed E-state index contributed by atoms with van der Waals surface area (Å²) < 4.78 is 0. The predicted molar refractivity (Wildman–Crippen MR) is 113 cm³/mol. The topological polar surface area (TPSA) is 43.9 Å². The van der Waals surface area contributed by atoms with Gasteiger partial charge in [0.2, 0.25) is 11.8 Å². The average Bonchev–Trinajstić information content (AvgIpc) is 2.72. The molecule has 0 aromatic carbocycles. The molecule has 0 N–H and O–H groups in total. The zero-order chi connectivity index (χ0) is 20.2. The smallest absolute Gasteiger partial charge is 0.239 e. The maximum absolute atomic E-state index is 13.6. The molecule has 0 spiro atoms. The Labute approximate surface area is 176 Å². The highest BCUT2D eigenvalue weighted by Gasteiger charge is 2.55. The molecule has 2 saturated heterocycles. The van der Waals surface area contributed by atoms with Crippen molar-refractivity contribution in [3.05, 3.63) is 0 Å². The van der Waals surface area contributed by atoms with Gasteiger partial charge in [-0.15, -0.1) is 0 Å². The summed E-state index contributed by atoms with van der Waals surface area (Å²) in [6.45, 7) is 9.46. The van der Waals surface area contributed by atoms with Crippen molar-refractivity contribution in [2.24, 2.45) is 29.1 Å². The number of piperidine rings is 1. The van der Waals surface area contributed by atoms with E-state index in [0.717, 1.165) is 95.0 Å². The molecule has 1 atom stereocenters.